The van der Waals surface area contributed by atoms with Crippen LogP contribution >= 0.6 is 0 Å². The molecular formula is C12H21NO5. The lowest BCUT2D eigenvalue weighted by molar-refractivity contribution is -0.180. The molecule has 1 aliphatic rings. The minimum absolute atomic E-state index is 0.0799. The molecule has 18 heavy (non-hydrogen) atoms. The Morgan fingerprint density at radius 2 is 2.11 bits per heavy atom. The van der Waals surface area contributed by atoms with Crippen molar-refractivity contribution in [2.24, 2.45) is 5.92 Å². The molecule has 0 bridgehead atoms. The largest absolute Gasteiger partial charge is 0.382 e. The number of ether oxygens (including phenoxy) is 3. The molecule has 104 valence electrons. The molecule has 1 N–H and O–H groups in total. The van der Waals surface area contributed by atoms with E-state index in [1.807, 2.05) is 13.8 Å². The zero-order valence-corrected chi connectivity index (χ0v) is 11.1. The van der Waals surface area contributed by atoms with Crippen LogP contribution < -0.4 is 5.32 Å². The maximum atomic E-state index is 11.5. The van der Waals surface area contributed by atoms with Crippen LogP contribution in [0.1, 0.15) is 20.3 Å². The lowest BCUT2D eigenvalue weighted by Gasteiger charge is -2.45. The molecule has 0 unspecified atom stereocenters. The Kier molecular flexibility index (Phi) is 5.71. The third kappa shape index (κ3) is 3.76. The lowest BCUT2D eigenvalue weighted by atomic mass is 9.77. The molecule has 0 radical (unpaired) electrons. The molecule has 0 aromatic carbocycles. The summed E-state index contributed by atoms with van der Waals surface area (Å²) < 4.78 is 15.6. The number of nitrogens with one attached hydrogen (secondary N) is 1. The van der Waals surface area contributed by atoms with Crippen LogP contribution in [-0.2, 0) is 23.8 Å². The van der Waals surface area contributed by atoms with Crippen molar-refractivity contribution in [1.82, 2.24) is 5.32 Å². The zero-order chi connectivity index (χ0) is 13.6. The van der Waals surface area contributed by atoms with Gasteiger partial charge in [-0.3, -0.25) is 4.79 Å². The van der Waals surface area contributed by atoms with Crippen molar-refractivity contribution in [2.75, 3.05) is 27.1 Å². The zero-order valence-electron chi connectivity index (χ0n) is 11.1. The monoisotopic (exact) mass is 259 g/mol. The van der Waals surface area contributed by atoms with Gasteiger partial charge >= 0.3 is 0 Å². The summed E-state index contributed by atoms with van der Waals surface area (Å²) in [5.74, 6) is -0.391. The minimum Gasteiger partial charge on any atom is -0.382 e. The second-order valence-electron chi connectivity index (χ2n) is 4.76. The highest BCUT2D eigenvalue weighted by atomic mass is 16.7. The summed E-state index contributed by atoms with van der Waals surface area (Å²) in [6, 6.07) is -0.135. The third-order valence-electron chi connectivity index (χ3n) is 3.06. The molecule has 0 saturated carbocycles. The summed E-state index contributed by atoms with van der Waals surface area (Å²) in [5, 5.41) is 2.70. The van der Waals surface area contributed by atoms with Crippen LogP contribution in [-0.4, -0.2) is 51.0 Å². The first-order valence-corrected chi connectivity index (χ1v) is 5.97. The van der Waals surface area contributed by atoms with Crippen molar-refractivity contribution >= 4 is 12.2 Å². The summed E-state index contributed by atoms with van der Waals surface area (Å²) in [7, 11) is 1.59. The molecule has 1 saturated heterocycles. The maximum Gasteiger partial charge on any atom is 0.228 e. The fourth-order valence-corrected chi connectivity index (χ4v) is 2.03. The smallest absolute Gasteiger partial charge is 0.228 e. The van der Waals surface area contributed by atoms with Gasteiger partial charge in [0.05, 0.1) is 24.7 Å². The van der Waals surface area contributed by atoms with Crippen molar-refractivity contribution in [2.45, 2.75) is 31.9 Å². The summed E-state index contributed by atoms with van der Waals surface area (Å²) in [4.78, 5) is 22.0. The first-order valence-electron chi connectivity index (χ1n) is 5.97. The van der Waals surface area contributed by atoms with E-state index in [0.717, 1.165) is 6.29 Å². The Bertz CT molecular complexity index is 290. The molecule has 6 heteroatoms. The van der Waals surface area contributed by atoms with Gasteiger partial charge in [-0.05, 0) is 13.8 Å². The number of hydrogen-bond acceptors (Lipinski definition) is 5. The first kappa shape index (κ1) is 15.1. The van der Waals surface area contributed by atoms with Crippen molar-refractivity contribution in [3.05, 3.63) is 0 Å². The molecule has 1 rings (SSSR count). The van der Waals surface area contributed by atoms with E-state index in [9.17, 15) is 9.59 Å². The second-order valence-corrected chi connectivity index (χ2v) is 4.76. The van der Waals surface area contributed by atoms with Crippen molar-refractivity contribution < 1.29 is 23.8 Å². The number of rotatable bonds is 9. The fourth-order valence-electron chi connectivity index (χ4n) is 2.03. The van der Waals surface area contributed by atoms with Gasteiger partial charge in [0.25, 0.3) is 0 Å². The molecule has 1 heterocycles. The molecule has 0 aliphatic carbocycles. The summed E-state index contributed by atoms with van der Waals surface area (Å²) in [5.41, 5.74) is -0.650. The highest BCUT2D eigenvalue weighted by Crippen LogP contribution is 2.31. The Morgan fingerprint density at radius 1 is 1.39 bits per heavy atom. The normalized spacial score (nSPS) is 23.4. The van der Waals surface area contributed by atoms with Crippen LogP contribution in [0.4, 0.5) is 0 Å². The van der Waals surface area contributed by atoms with Crippen molar-refractivity contribution in [3.63, 3.8) is 0 Å². The quantitative estimate of drug-likeness (QED) is 0.275. The molecule has 1 fully saturated rings. The number of methoxy groups -OCH3 is 1. The van der Waals surface area contributed by atoms with Crippen molar-refractivity contribution in [3.8, 4) is 0 Å². The molecule has 2 atom stereocenters. The van der Waals surface area contributed by atoms with Crippen LogP contribution in [0.25, 0.3) is 0 Å². The standard InChI is InChI=1S/C12H21NO5/c1-12(2,18-8-17-7-6-16-3)10-9(4-5-14)13-11(10)15/h5,9-10H,4,6-8H2,1-3H3,(H,13,15)/t9-,10+/m0/s1. The Morgan fingerprint density at radius 3 is 2.67 bits per heavy atom. The van der Waals surface area contributed by atoms with E-state index in [1.54, 1.807) is 7.11 Å². The molecule has 0 aromatic rings. The van der Waals surface area contributed by atoms with Gasteiger partial charge in [-0.2, -0.15) is 0 Å². The van der Waals surface area contributed by atoms with Gasteiger partial charge in [0.2, 0.25) is 5.91 Å². The van der Waals surface area contributed by atoms with Crippen LogP contribution in [0.15, 0.2) is 0 Å². The first-order chi connectivity index (χ1) is 8.53. The average Bonchev–Trinajstić information content (AvgIpc) is 2.27. The molecule has 0 spiro atoms. The third-order valence-corrected chi connectivity index (χ3v) is 3.06. The topological polar surface area (TPSA) is 73.9 Å². The fraction of sp³-hybridized carbons (Fsp3) is 0.833. The molecular weight excluding hydrogens is 238 g/mol. The summed E-state index contributed by atoms with van der Waals surface area (Å²) in [6.07, 6.45) is 1.12. The van der Waals surface area contributed by atoms with Gasteiger partial charge in [-0.1, -0.05) is 0 Å². The second kappa shape index (κ2) is 6.82. The summed E-state index contributed by atoms with van der Waals surface area (Å²) >= 11 is 0. The van der Waals surface area contributed by atoms with Gasteiger partial charge in [0, 0.05) is 19.6 Å². The number of aldehydes is 1. The number of amides is 1. The van der Waals surface area contributed by atoms with Crippen LogP contribution in [0, 0.1) is 5.92 Å². The van der Waals surface area contributed by atoms with Crippen LogP contribution in [0.3, 0.4) is 0 Å². The minimum atomic E-state index is -0.650. The van der Waals surface area contributed by atoms with Gasteiger partial charge in [0.15, 0.2) is 0 Å². The van der Waals surface area contributed by atoms with Gasteiger partial charge < -0.3 is 24.3 Å². The number of carbonyl (C=O) groups is 2. The van der Waals surface area contributed by atoms with Crippen molar-refractivity contribution in [1.29, 1.82) is 0 Å². The molecule has 6 nitrogen and oxygen atoms in total. The number of β-lactam (4-membered cyclic amide) rings is 1. The van der Waals surface area contributed by atoms with E-state index in [1.165, 1.54) is 0 Å². The predicted octanol–water partition coefficient (Wildman–Crippen LogP) is 0.106. The number of hydrogen-bond donors (Lipinski definition) is 1. The van der Waals surface area contributed by atoms with E-state index in [-0.39, 0.29) is 24.7 Å². The Balaban J connectivity index is 2.36. The average molecular weight is 259 g/mol. The van der Waals surface area contributed by atoms with Gasteiger partial charge in [0.1, 0.15) is 13.1 Å². The molecule has 0 aromatic heterocycles. The van der Waals surface area contributed by atoms with Gasteiger partial charge in [-0.25, -0.2) is 0 Å². The maximum absolute atomic E-state index is 11.5. The lowest BCUT2D eigenvalue weighted by Crippen LogP contribution is -2.66. The highest BCUT2D eigenvalue weighted by molar-refractivity contribution is 5.87. The number of carbonyl (C=O) groups excluding carboxylic acids is 2. The highest BCUT2D eigenvalue weighted by Gasteiger charge is 2.49. The van der Waals surface area contributed by atoms with E-state index >= 15 is 0 Å². The van der Waals surface area contributed by atoms with Crippen LogP contribution in [0.2, 0.25) is 0 Å². The van der Waals surface area contributed by atoms with E-state index < -0.39 is 5.60 Å². The Hall–Kier alpha value is -0.980. The Labute approximate surface area is 107 Å². The molecule has 1 aliphatic heterocycles. The van der Waals surface area contributed by atoms with E-state index in [2.05, 4.69) is 5.32 Å². The predicted molar refractivity (Wildman–Crippen MR) is 64.0 cm³/mol. The SMILES string of the molecule is COCCOCOC(C)(C)[C@H]1C(=O)N[C@H]1CC=O. The van der Waals surface area contributed by atoms with Crippen LogP contribution in [0.5, 0.6) is 0 Å². The molecule has 1 amide bonds. The van der Waals surface area contributed by atoms with E-state index in [0.29, 0.717) is 19.6 Å². The summed E-state index contributed by atoms with van der Waals surface area (Å²) in [6.45, 7) is 4.71. The van der Waals surface area contributed by atoms with Gasteiger partial charge in [-0.15, -0.1) is 0 Å². The van der Waals surface area contributed by atoms with E-state index in [4.69, 9.17) is 14.2 Å².